The normalized spacial score (nSPS) is 19.7. The van der Waals surface area contributed by atoms with Gasteiger partial charge < -0.3 is 5.32 Å². The van der Waals surface area contributed by atoms with Gasteiger partial charge in [0.2, 0.25) is 0 Å². The van der Waals surface area contributed by atoms with E-state index < -0.39 is 0 Å². The molecule has 1 saturated heterocycles. The second kappa shape index (κ2) is 5.41. The summed E-state index contributed by atoms with van der Waals surface area (Å²) < 4.78 is 0. The standard InChI is InChI=1S/C15H22ClN/c1-3-6-12(2)9-15(10-17-11-15)13-7-4-5-8-14(13)16/h4-5,7-8,12,17H,3,6,9-11H2,1-2H3. The highest BCUT2D eigenvalue weighted by molar-refractivity contribution is 6.31. The van der Waals surface area contributed by atoms with Gasteiger partial charge in [0, 0.05) is 23.5 Å². The smallest absolute Gasteiger partial charge is 0.0444 e. The Morgan fingerprint density at radius 3 is 2.59 bits per heavy atom. The first-order chi connectivity index (χ1) is 8.18. The Balaban J connectivity index is 2.17. The summed E-state index contributed by atoms with van der Waals surface area (Å²) in [6, 6.07) is 8.33. The molecule has 1 heterocycles. The molecule has 1 atom stereocenters. The van der Waals surface area contributed by atoms with Crippen LogP contribution >= 0.6 is 11.6 Å². The summed E-state index contributed by atoms with van der Waals surface area (Å²) in [5.74, 6) is 0.776. The lowest BCUT2D eigenvalue weighted by Crippen LogP contribution is -2.57. The van der Waals surface area contributed by atoms with E-state index in [9.17, 15) is 0 Å². The minimum absolute atomic E-state index is 0.285. The molecule has 2 rings (SSSR count). The van der Waals surface area contributed by atoms with Crippen molar-refractivity contribution in [2.75, 3.05) is 13.1 Å². The Morgan fingerprint density at radius 2 is 2.06 bits per heavy atom. The van der Waals surface area contributed by atoms with E-state index in [-0.39, 0.29) is 5.41 Å². The molecule has 0 aromatic heterocycles. The predicted octanol–water partition coefficient (Wildman–Crippen LogP) is 4.01. The van der Waals surface area contributed by atoms with Crippen molar-refractivity contribution in [2.45, 2.75) is 38.5 Å². The summed E-state index contributed by atoms with van der Waals surface area (Å²) in [4.78, 5) is 0. The minimum Gasteiger partial charge on any atom is -0.315 e. The third-order valence-corrected chi connectivity index (χ3v) is 4.22. The van der Waals surface area contributed by atoms with Crippen LogP contribution in [0.2, 0.25) is 5.02 Å². The lowest BCUT2D eigenvalue weighted by Gasteiger charge is -2.45. The first kappa shape index (κ1) is 12.9. The van der Waals surface area contributed by atoms with Gasteiger partial charge in [-0.05, 0) is 24.0 Å². The Hall–Kier alpha value is -0.530. The van der Waals surface area contributed by atoms with E-state index in [4.69, 9.17) is 11.6 Å². The fraction of sp³-hybridized carbons (Fsp3) is 0.600. The monoisotopic (exact) mass is 251 g/mol. The first-order valence-electron chi connectivity index (χ1n) is 6.64. The second-order valence-corrected chi connectivity index (χ2v) is 5.87. The van der Waals surface area contributed by atoms with Crippen molar-refractivity contribution in [3.8, 4) is 0 Å². The van der Waals surface area contributed by atoms with Gasteiger partial charge in [0.15, 0.2) is 0 Å². The van der Waals surface area contributed by atoms with Gasteiger partial charge in [-0.3, -0.25) is 0 Å². The SMILES string of the molecule is CCCC(C)CC1(c2ccccc2Cl)CNC1. The highest BCUT2D eigenvalue weighted by Gasteiger charge is 2.40. The van der Waals surface area contributed by atoms with Crippen LogP contribution in [-0.2, 0) is 5.41 Å². The van der Waals surface area contributed by atoms with Crippen LogP contribution in [0.5, 0.6) is 0 Å². The Morgan fingerprint density at radius 1 is 1.35 bits per heavy atom. The maximum absolute atomic E-state index is 6.35. The van der Waals surface area contributed by atoms with Gasteiger partial charge >= 0.3 is 0 Å². The molecule has 1 aromatic carbocycles. The highest BCUT2D eigenvalue weighted by atomic mass is 35.5. The van der Waals surface area contributed by atoms with Crippen molar-refractivity contribution in [3.05, 3.63) is 34.9 Å². The third kappa shape index (κ3) is 2.66. The molecule has 0 aliphatic carbocycles. The zero-order chi connectivity index (χ0) is 12.3. The molecule has 94 valence electrons. The molecule has 0 amide bonds. The fourth-order valence-electron chi connectivity index (χ4n) is 3.02. The van der Waals surface area contributed by atoms with Crippen molar-refractivity contribution in [1.29, 1.82) is 0 Å². The Labute approximate surface area is 110 Å². The van der Waals surface area contributed by atoms with Gasteiger partial charge in [0.1, 0.15) is 0 Å². The number of benzene rings is 1. The van der Waals surface area contributed by atoms with Crippen molar-refractivity contribution in [1.82, 2.24) is 5.32 Å². The van der Waals surface area contributed by atoms with E-state index in [1.165, 1.54) is 24.8 Å². The van der Waals surface area contributed by atoms with Crippen LogP contribution in [0.4, 0.5) is 0 Å². The molecule has 0 saturated carbocycles. The molecule has 1 aromatic rings. The van der Waals surface area contributed by atoms with Gasteiger partial charge in [-0.1, -0.05) is 56.5 Å². The molecule has 0 bridgehead atoms. The molecule has 1 aliphatic rings. The van der Waals surface area contributed by atoms with E-state index >= 15 is 0 Å². The molecule has 1 aliphatic heterocycles. The van der Waals surface area contributed by atoms with Crippen LogP contribution in [0, 0.1) is 5.92 Å². The molecule has 2 heteroatoms. The van der Waals surface area contributed by atoms with E-state index in [0.717, 1.165) is 24.0 Å². The van der Waals surface area contributed by atoms with Crippen LogP contribution in [-0.4, -0.2) is 13.1 Å². The second-order valence-electron chi connectivity index (χ2n) is 5.46. The molecule has 17 heavy (non-hydrogen) atoms. The van der Waals surface area contributed by atoms with Gasteiger partial charge in [-0.15, -0.1) is 0 Å². The van der Waals surface area contributed by atoms with E-state index in [0.29, 0.717) is 0 Å². The molecule has 0 spiro atoms. The van der Waals surface area contributed by atoms with Gasteiger partial charge in [-0.25, -0.2) is 0 Å². The van der Waals surface area contributed by atoms with Gasteiger partial charge in [0.05, 0.1) is 0 Å². The molecule has 1 unspecified atom stereocenters. The summed E-state index contributed by atoms with van der Waals surface area (Å²) in [6.07, 6.45) is 3.83. The van der Waals surface area contributed by atoms with Crippen molar-refractivity contribution in [2.24, 2.45) is 5.92 Å². The molecule has 1 fully saturated rings. The zero-order valence-electron chi connectivity index (χ0n) is 10.8. The summed E-state index contributed by atoms with van der Waals surface area (Å²) >= 11 is 6.35. The van der Waals surface area contributed by atoms with E-state index in [1.807, 2.05) is 12.1 Å². The average Bonchev–Trinajstić information content (AvgIpc) is 2.25. The molecule has 1 N–H and O–H groups in total. The van der Waals surface area contributed by atoms with Crippen LogP contribution in [0.15, 0.2) is 24.3 Å². The summed E-state index contributed by atoms with van der Waals surface area (Å²) in [6.45, 7) is 6.77. The van der Waals surface area contributed by atoms with Gasteiger partial charge in [0.25, 0.3) is 0 Å². The van der Waals surface area contributed by atoms with Crippen molar-refractivity contribution < 1.29 is 0 Å². The predicted molar refractivity (Wildman–Crippen MR) is 74.7 cm³/mol. The molecule has 0 radical (unpaired) electrons. The minimum atomic E-state index is 0.285. The maximum atomic E-state index is 6.35. The summed E-state index contributed by atoms with van der Waals surface area (Å²) in [5, 5.41) is 4.35. The first-order valence-corrected chi connectivity index (χ1v) is 7.01. The third-order valence-electron chi connectivity index (χ3n) is 3.89. The van der Waals surface area contributed by atoms with E-state index in [1.54, 1.807) is 0 Å². The van der Waals surface area contributed by atoms with Crippen molar-refractivity contribution in [3.63, 3.8) is 0 Å². The zero-order valence-corrected chi connectivity index (χ0v) is 11.6. The number of hydrogen-bond donors (Lipinski definition) is 1. The van der Waals surface area contributed by atoms with E-state index in [2.05, 4.69) is 31.3 Å². The lowest BCUT2D eigenvalue weighted by atomic mass is 9.69. The number of hydrogen-bond acceptors (Lipinski definition) is 1. The molecular formula is C15H22ClN. The number of rotatable bonds is 5. The molecular weight excluding hydrogens is 230 g/mol. The summed E-state index contributed by atoms with van der Waals surface area (Å²) in [7, 11) is 0. The lowest BCUT2D eigenvalue weighted by molar-refractivity contribution is 0.218. The van der Waals surface area contributed by atoms with Crippen LogP contribution in [0.25, 0.3) is 0 Å². The number of nitrogens with one attached hydrogen (secondary N) is 1. The average molecular weight is 252 g/mol. The Bertz CT molecular complexity index is 371. The van der Waals surface area contributed by atoms with Crippen LogP contribution in [0.1, 0.15) is 38.7 Å². The Kier molecular flexibility index (Phi) is 4.11. The van der Waals surface area contributed by atoms with Crippen LogP contribution < -0.4 is 5.32 Å². The molecule has 1 nitrogen and oxygen atoms in total. The fourth-order valence-corrected chi connectivity index (χ4v) is 3.36. The number of halogens is 1. The summed E-state index contributed by atoms with van der Waals surface area (Å²) in [5.41, 5.74) is 1.62. The maximum Gasteiger partial charge on any atom is 0.0444 e. The quantitative estimate of drug-likeness (QED) is 0.834. The largest absolute Gasteiger partial charge is 0.315 e. The topological polar surface area (TPSA) is 12.0 Å². The van der Waals surface area contributed by atoms with Gasteiger partial charge in [-0.2, -0.15) is 0 Å². The van der Waals surface area contributed by atoms with Crippen molar-refractivity contribution >= 4 is 11.6 Å². The van der Waals surface area contributed by atoms with Crippen LogP contribution in [0.3, 0.4) is 0 Å². The highest BCUT2D eigenvalue weighted by Crippen LogP contribution is 2.39.